The number of hydrogen-bond donors (Lipinski definition) is 2. The molecule has 0 saturated heterocycles. The van der Waals surface area contributed by atoms with Crippen molar-refractivity contribution < 1.29 is 21.6 Å². The Morgan fingerprint density at radius 2 is 1.80 bits per heavy atom. The first-order valence-electron chi connectivity index (χ1n) is 5.19. The van der Waals surface area contributed by atoms with Crippen LogP contribution in [0.3, 0.4) is 0 Å². The van der Waals surface area contributed by atoms with Crippen molar-refractivity contribution in [2.45, 2.75) is 4.90 Å². The molecular formula is C11H8F3N3O2S. The summed E-state index contributed by atoms with van der Waals surface area (Å²) in [6.07, 6.45) is 0. The standard InChI is InChI=1S/C11H8F3N3O2S/c12-6-4-7(13)9(5-8(6)15)20(18,19)17-11-3-1-2-10(14)16-11/h1-5H,15H2,(H,16,17). The van der Waals surface area contributed by atoms with Gasteiger partial charge in [0.25, 0.3) is 10.0 Å². The van der Waals surface area contributed by atoms with E-state index in [1.54, 1.807) is 0 Å². The highest BCUT2D eigenvalue weighted by Crippen LogP contribution is 2.22. The maximum Gasteiger partial charge on any atom is 0.266 e. The van der Waals surface area contributed by atoms with Crippen molar-refractivity contribution in [3.05, 3.63) is 47.9 Å². The summed E-state index contributed by atoms with van der Waals surface area (Å²) in [4.78, 5) is 2.41. The molecule has 0 unspecified atom stereocenters. The molecule has 0 fully saturated rings. The zero-order chi connectivity index (χ0) is 14.9. The fraction of sp³-hybridized carbons (Fsp3) is 0. The highest BCUT2D eigenvalue weighted by molar-refractivity contribution is 7.92. The van der Waals surface area contributed by atoms with Gasteiger partial charge in [-0.1, -0.05) is 6.07 Å². The van der Waals surface area contributed by atoms with Gasteiger partial charge in [0.05, 0.1) is 5.69 Å². The van der Waals surface area contributed by atoms with E-state index in [2.05, 4.69) is 4.98 Å². The number of anilines is 2. The van der Waals surface area contributed by atoms with E-state index in [0.29, 0.717) is 12.1 Å². The molecule has 0 aliphatic heterocycles. The number of pyridine rings is 1. The molecule has 9 heteroatoms. The molecule has 0 aliphatic carbocycles. The molecule has 0 spiro atoms. The van der Waals surface area contributed by atoms with Crippen LogP contribution in [-0.4, -0.2) is 13.4 Å². The van der Waals surface area contributed by atoms with E-state index in [1.165, 1.54) is 12.1 Å². The third kappa shape index (κ3) is 2.82. The topological polar surface area (TPSA) is 85.1 Å². The van der Waals surface area contributed by atoms with E-state index < -0.39 is 38.2 Å². The lowest BCUT2D eigenvalue weighted by Gasteiger charge is -2.09. The minimum absolute atomic E-state index is 0.340. The van der Waals surface area contributed by atoms with Crippen molar-refractivity contribution >= 4 is 21.5 Å². The number of sulfonamides is 1. The predicted molar refractivity (Wildman–Crippen MR) is 65.8 cm³/mol. The Morgan fingerprint density at radius 1 is 1.10 bits per heavy atom. The minimum Gasteiger partial charge on any atom is -0.396 e. The summed E-state index contributed by atoms with van der Waals surface area (Å²) in [5, 5.41) is 0. The zero-order valence-electron chi connectivity index (χ0n) is 9.77. The zero-order valence-corrected chi connectivity index (χ0v) is 10.6. The SMILES string of the molecule is Nc1cc(S(=O)(=O)Nc2cccc(F)n2)c(F)cc1F. The summed E-state index contributed by atoms with van der Waals surface area (Å²) in [5.74, 6) is -3.65. The van der Waals surface area contributed by atoms with Crippen molar-refractivity contribution in [1.82, 2.24) is 4.98 Å². The Labute approximate surface area is 112 Å². The molecule has 0 saturated carbocycles. The molecule has 2 rings (SSSR count). The highest BCUT2D eigenvalue weighted by atomic mass is 32.2. The Kier molecular flexibility index (Phi) is 3.53. The molecule has 0 amide bonds. The molecule has 0 radical (unpaired) electrons. The van der Waals surface area contributed by atoms with Crippen molar-refractivity contribution in [3.8, 4) is 0 Å². The van der Waals surface area contributed by atoms with Gasteiger partial charge in [0.1, 0.15) is 22.3 Å². The largest absolute Gasteiger partial charge is 0.396 e. The molecule has 106 valence electrons. The maximum absolute atomic E-state index is 13.5. The first-order valence-corrected chi connectivity index (χ1v) is 6.68. The molecule has 5 nitrogen and oxygen atoms in total. The van der Waals surface area contributed by atoms with Crippen molar-refractivity contribution in [3.63, 3.8) is 0 Å². The van der Waals surface area contributed by atoms with Crippen LogP contribution in [0.4, 0.5) is 24.7 Å². The molecule has 1 aromatic heterocycles. The van der Waals surface area contributed by atoms with Crippen LogP contribution < -0.4 is 10.5 Å². The first-order chi connectivity index (χ1) is 9.29. The Bertz CT molecular complexity index is 766. The third-order valence-electron chi connectivity index (χ3n) is 2.29. The molecule has 1 heterocycles. The molecule has 0 bridgehead atoms. The fourth-order valence-corrected chi connectivity index (χ4v) is 2.51. The lowest BCUT2D eigenvalue weighted by atomic mass is 10.3. The second-order valence-electron chi connectivity index (χ2n) is 3.76. The number of hydrogen-bond acceptors (Lipinski definition) is 4. The summed E-state index contributed by atoms with van der Waals surface area (Å²) in [7, 11) is -4.40. The van der Waals surface area contributed by atoms with Crippen LogP contribution in [0.5, 0.6) is 0 Å². The van der Waals surface area contributed by atoms with Crippen LogP contribution in [0.25, 0.3) is 0 Å². The lowest BCUT2D eigenvalue weighted by molar-refractivity contribution is 0.552. The summed E-state index contributed by atoms with van der Waals surface area (Å²) < 4.78 is 65.0. The van der Waals surface area contributed by atoms with Gasteiger partial charge < -0.3 is 5.73 Å². The van der Waals surface area contributed by atoms with Gasteiger partial charge in [0, 0.05) is 6.07 Å². The number of nitrogens with two attached hydrogens (primary N) is 1. The molecule has 1 aromatic carbocycles. The minimum atomic E-state index is -4.40. The van der Waals surface area contributed by atoms with E-state index in [9.17, 15) is 21.6 Å². The highest BCUT2D eigenvalue weighted by Gasteiger charge is 2.22. The van der Waals surface area contributed by atoms with Gasteiger partial charge in [-0.05, 0) is 18.2 Å². The van der Waals surface area contributed by atoms with E-state index in [4.69, 9.17) is 5.73 Å². The van der Waals surface area contributed by atoms with Gasteiger partial charge in [-0.15, -0.1) is 0 Å². The lowest BCUT2D eigenvalue weighted by Crippen LogP contribution is -2.16. The molecule has 2 aromatic rings. The summed E-state index contributed by atoms with van der Waals surface area (Å²) >= 11 is 0. The predicted octanol–water partition coefficient (Wildman–Crippen LogP) is 1.88. The summed E-state index contributed by atoms with van der Waals surface area (Å²) in [5.41, 5.74) is 4.67. The van der Waals surface area contributed by atoms with Gasteiger partial charge in [0.15, 0.2) is 0 Å². The monoisotopic (exact) mass is 303 g/mol. The second-order valence-corrected chi connectivity index (χ2v) is 5.41. The van der Waals surface area contributed by atoms with E-state index in [0.717, 1.165) is 6.07 Å². The average molecular weight is 303 g/mol. The maximum atomic E-state index is 13.5. The molecule has 0 atom stereocenters. The Hall–Kier alpha value is -2.29. The van der Waals surface area contributed by atoms with Crippen LogP contribution in [0, 0.1) is 17.6 Å². The second kappa shape index (κ2) is 5.00. The molecule has 0 aliphatic rings. The first kappa shape index (κ1) is 14.1. The van der Waals surface area contributed by atoms with Crippen LogP contribution in [0.2, 0.25) is 0 Å². The van der Waals surface area contributed by atoms with Crippen LogP contribution in [-0.2, 0) is 10.0 Å². The molecule has 3 N–H and O–H groups in total. The Balaban J connectivity index is 2.43. The number of halogens is 3. The number of aromatic nitrogens is 1. The summed E-state index contributed by atoms with van der Waals surface area (Å²) in [6, 6.07) is 4.38. The number of benzene rings is 1. The van der Waals surface area contributed by atoms with Gasteiger partial charge in [-0.25, -0.2) is 22.2 Å². The van der Waals surface area contributed by atoms with E-state index in [-0.39, 0.29) is 5.82 Å². The number of rotatable bonds is 3. The Morgan fingerprint density at radius 3 is 2.45 bits per heavy atom. The van der Waals surface area contributed by atoms with Gasteiger partial charge in [-0.2, -0.15) is 4.39 Å². The number of nitrogens with one attached hydrogen (secondary N) is 1. The van der Waals surface area contributed by atoms with Crippen LogP contribution >= 0.6 is 0 Å². The third-order valence-corrected chi connectivity index (χ3v) is 3.66. The van der Waals surface area contributed by atoms with Crippen molar-refractivity contribution in [1.29, 1.82) is 0 Å². The number of nitrogens with zero attached hydrogens (tertiary/aromatic N) is 1. The van der Waals surface area contributed by atoms with Crippen LogP contribution in [0.15, 0.2) is 35.2 Å². The van der Waals surface area contributed by atoms with Crippen LogP contribution in [0.1, 0.15) is 0 Å². The quantitative estimate of drug-likeness (QED) is 0.669. The van der Waals surface area contributed by atoms with E-state index in [1.807, 2.05) is 4.72 Å². The summed E-state index contributed by atoms with van der Waals surface area (Å²) in [6.45, 7) is 0. The van der Waals surface area contributed by atoms with Gasteiger partial charge in [-0.3, -0.25) is 4.72 Å². The number of nitrogen functional groups attached to an aromatic ring is 1. The smallest absolute Gasteiger partial charge is 0.266 e. The van der Waals surface area contributed by atoms with Gasteiger partial charge >= 0.3 is 0 Å². The van der Waals surface area contributed by atoms with Crippen molar-refractivity contribution in [2.75, 3.05) is 10.5 Å². The van der Waals surface area contributed by atoms with Gasteiger partial charge in [0.2, 0.25) is 5.95 Å². The normalized spacial score (nSPS) is 11.3. The average Bonchev–Trinajstić information content (AvgIpc) is 2.33. The molecule has 20 heavy (non-hydrogen) atoms. The molecular weight excluding hydrogens is 295 g/mol. The van der Waals surface area contributed by atoms with Crippen molar-refractivity contribution in [2.24, 2.45) is 0 Å². The van der Waals surface area contributed by atoms with E-state index >= 15 is 0 Å². The fourth-order valence-electron chi connectivity index (χ4n) is 1.41.